The molecule has 2 N–H and O–H groups in total. The Morgan fingerprint density at radius 3 is 1.62 bits per heavy atom. The first-order valence-corrected chi connectivity index (χ1v) is 11.6. The van der Waals surface area contributed by atoms with Crippen LogP contribution in [-0.2, 0) is 28.9 Å². The van der Waals surface area contributed by atoms with E-state index in [1.165, 1.54) is 55.5 Å². The third kappa shape index (κ3) is 8.50. The van der Waals surface area contributed by atoms with Crippen molar-refractivity contribution in [3.05, 3.63) is 61.2 Å². The number of carbonyl (C=O) groups excluding carboxylic acids is 2. The van der Waals surface area contributed by atoms with Crippen LogP contribution in [-0.4, -0.2) is 69.2 Å². The topological polar surface area (TPSA) is 146 Å². The molecule has 0 amide bonds. The van der Waals surface area contributed by atoms with Crippen molar-refractivity contribution in [2.24, 2.45) is 0 Å². The van der Waals surface area contributed by atoms with Gasteiger partial charge in [-0.2, -0.15) is 0 Å². The number of hydrogen-bond acceptors (Lipinski definition) is 10. The molecule has 2 aromatic carbocycles. The van der Waals surface area contributed by atoms with E-state index in [1.54, 1.807) is 0 Å². The highest BCUT2D eigenvalue weighted by Gasteiger charge is 2.18. The van der Waals surface area contributed by atoms with Gasteiger partial charge in [0.2, 0.25) is 9.84 Å². The second-order valence-electron chi connectivity index (χ2n) is 7.01. The smallest absolute Gasteiger partial charge is 0.330 e. The molecule has 0 fully saturated rings. The molecule has 0 aromatic heterocycles. The lowest BCUT2D eigenvalue weighted by Gasteiger charge is -2.13. The summed E-state index contributed by atoms with van der Waals surface area (Å²) in [6.07, 6.45) is -1.10. The van der Waals surface area contributed by atoms with Crippen molar-refractivity contribution in [3.63, 3.8) is 0 Å². The number of hydrogen-bond donors (Lipinski definition) is 2. The van der Waals surface area contributed by atoms with Crippen molar-refractivity contribution >= 4 is 21.8 Å². The third-order valence-corrected chi connectivity index (χ3v) is 6.00. The lowest BCUT2D eigenvalue weighted by atomic mass is 10.3. The molecule has 2 rings (SSSR count). The first kappa shape index (κ1) is 26.8. The van der Waals surface area contributed by atoms with Gasteiger partial charge in [0.1, 0.15) is 50.1 Å². The van der Waals surface area contributed by atoms with E-state index in [-0.39, 0.29) is 36.2 Å². The second kappa shape index (κ2) is 12.7. The summed E-state index contributed by atoms with van der Waals surface area (Å²) < 4.78 is 45.8. The van der Waals surface area contributed by atoms with Crippen LogP contribution >= 0.6 is 0 Å². The minimum absolute atomic E-state index is 0.0331. The normalized spacial score (nSPS) is 12.8. The Balaban J connectivity index is 1.92. The molecule has 0 aliphatic heterocycles. The Hall–Kier alpha value is -3.41. The lowest BCUT2D eigenvalue weighted by molar-refractivity contribution is -0.144. The summed E-state index contributed by atoms with van der Waals surface area (Å²) in [7, 11) is -3.81. The molecule has 34 heavy (non-hydrogen) atoms. The highest BCUT2D eigenvalue weighted by atomic mass is 32.2. The summed E-state index contributed by atoms with van der Waals surface area (Å²) in [5.74, 6) is -0.520. The summed E-state index contributed by atoms with van der Waals surface area (Å²) in [4.78, 5) is 21.8. The molecule has 2 aromatic rings. The predicted molar refractivity (Wildman–Crippen MR) is 119 cm³/mol. The molecule has 0 spiro atoms. The molecule has 2 atom stereocenters. The SMILES string of the molecule is C=CC(=O)OCC(O)COc1ccc(S(=O)(=O)c2ccc(OCC(O)COC(C)=O)cc2)cc1. The zero-order valence-corrected chi connectivity index (χ0v) is 19.3. The first-order chi connectivity index (χ1) is 16.1. The Kier molecular flexibility index (Phi) is 10.0. The van der Waals surface area contributed by atoms with E-state index in [2.05, 4.69) is 11.3 Å². The number of benzene rings is 2. The molecule has 184 valence electrons. The number of carbonyl (C=O) groups is 2. The summed E-state index contributed by atoms with van der Waals surface area (Å²) in [5.41, 5.74) is 0. The van der Waals surface area contributed by atoms with Crippen molar-refractivity contribution in [1.82, 2.24) is 0 Å². The van der Waals surface area contributed by atoms with Gasteiger partial charge in [-0.15, -0.1) is 0 Å². The molecule has 0 aliphatic carbocycles. The van der Waals surface area contributed by atoms with Gasteiger partial charge in [0.25, 0.3) is 0 Å². The summed E-state index contributed by atoms with van der Waals surface area (Å²) in [6.45, 7) is 3.71. The van der Waals surface area contributed by atoms with Gasteiger partial charge in [-0.25, -0.2) is 13.2 Å². The van der Waals surface area contributed by atoms with Gasteiger partial charge in [0, 0.05) is 13.0 Å². The fourth-order valence-electron chi connectivity index (χ4n) is 2.50. The van der Waals surface area contributed by atoms with Crippen LogP contribution < -0.4 is 9.47 Å². The summed E-state index contributed by atoms with van der Waals surface area (Å²) in [5, 5.41) is 19.4. The van der Waals surface area contributed by atoms with Crippen LogP contribution in [0.25, 0.3) is 0 Å². The van der Waals surface area contributed by atoms with E-state index in [9.17, 15) is 28.2 Å². The van der Waals surface area contributed by atoms with Gasteiger partial charge >= 0.3 is 11.9 Å². The first-order valence-electron chi connectivity index (χ1n) is 10.1. The highest BCUT2D eigenvalue weighted by molar-refractivity contribution is 7.91. The van der Waals surface area contributed by atoms with Crippen molar-refractivity contribution in [2.45, 2.75) is 28.9 Å². The molecular weight excluding hydrogens is 468 g/mol. The van der Waals surface area contributed by atoms with Crippen molar-refractivity contribution in [2.75, 3.05) is 26.4 Å². The quantitative estimate of drug-likeness (QED) is 0.308. The molecule has 0 saturated heterocycles. The average Bonchev–Trinajstić information content (AvgIpc) is 2.83. The monoisotopic (exact) mass is 494 g/mol. The Labute approximate surface area is 197 Å². The van der Waals surface area contributed by atoms with E-state index in [1.807, 2.05) is 0 Å². The number of ether oxygens (including phenoxy) is 4. The Morgan fingerprint density at radius 2 is 1.24 bits per heavy atom. The molecular formula is C23H26O10S. The van der Waals surface area contributed by atoms with Crippen molar-refractivity contribution in [3.8, 4) is 11.5 Å². The number of aliphatic hydroxyl groups is 2. The summed E-state index contributed by atoms with van der Waals surface area (Å²) >= 11 is 0. The van der Waals surface area contributed by atoms with Gasteiger partial charge in [-0.05, 0) is 48.5 Å². The molecule has 0 bridgehead atoms. The average molecular weight is 495 g/mol. The maximum Gasteiger partial charge on any atom is 0.330 e. The van der Waals surface area contributed by atoms with Crippen LogP contribution in [0.5, 0.6) is 11.5 Å². The lowest BCUT2D eigenvalue weighted by Crippen LogP contribution is -2.24. The molecule has 10 nitrogen and oxygen atoms in total. The van der Waals surface area contributed by atoms with E-state index in [0.29, 0.717) is 11.5 Å². The fraction of sp³-hybridized carbons (Fsp3) is 0.304. The van der Waals surface area contributed by atoms with Crippen LogP contribution in [0.4, 0.5) is 0 Å². The fourth-order valence-corrected chi connectivity index (χ4v) is 3.76. The molecule has 2 unspecified atom stereocenters. The van der Waals surface area contributed by atoms with E-state index < -0.39 is 34.0 Å². The van der Waals surface area contributed by atoms with Gasteiger partial charge in [0.05, 0.1) is 9.79 Å². The van der Waals surface area contributed by atoms with E-state index in [4.69, 9.17) is 14.2 Å². The standard InChI is InChI=1S/C23H26O10S/c1-3-23(27)33-15-18(26)14-32-20-6-10-22(11-7-20)34(28,29)21-8-4-19(5-9-21)31-13-17(25)12-30-16(2)24/h3-11,17-18,25-26H,1,12-15H2,2H3. The molecule has 0 radical (unpaired) electrons. The van der Waals surface area contributed by atoms with Crippen LogP contribution in [0.2, 0.25) is 0 Å². The summed E-state index contributed by atoms with van der Waals surface area (Å²) in [6, 6.07) is 11.2. The minimum atomic E-state index is -3.81. The molecule has 0 aliphatic rings. The van der Waals surface area contributed by atoms with Crippen molar-refractivity contribution < 1.29 is 47.2 Å². The van der Waals surface area contributed by atoms with Gasteiger partial charge < -0.3 is 29.2 Å². The number of sulfone groups is 1. The van der Waals surface area contributed by atoms with Crippen LogP contribution in [0, 0.1) is 0 Å². The maximum absolute atomic E-state index is 12.8. The molecule has 0 saturated carbocycles. The predicted octanol–water partition coefficient (Wildman–Crippen LogP) is 1.29. The van der Waals surface area contributed by atoms with E-state index >= 15 is 0 Å². The van der Waals surface area contributed by atoms with Gasteiger partial charge in [-0.1, -0.05) is 6.58 Å². The van der Waals surface area contributed by atoms with Crippen LogP contribution in [0.1, 0.15) is 6.92 Å². The van der Waals surface area contributed by atoms with E-state index in [0.717, 1.165) is 6.08 Å². The number of rotatable bonds is 13. The van der Waals surface area contributed by atoms with Gasteiger partial charge in [-0.3, -0.25) is 4.79 Å². The second-order valence-corrected chi connectivity index (χ2v) is 8.96. The van der Waals surface area contributed by atoms with Crippen LogP contribution in [0.3, 0.4) is 0 Å². The van der Waals surface area contributed by atoms with Crippen molar-refractivity contribution in [1.29, 1.82) is 0 Å². The number of aliphatic hydroxyl groups excluding tert-OH is 2. The molecule has 0 heterocycles. The molecule has 11 heteroatoms. The minimum Gasteiger partial charge on any atom is -0.491 e. The third-order valence-electron chi connectivity index (χ3n) is 4.22. The largest absolute Gasteiger partial charge is 0.491 e. The number of esters is 2. The zero-order valence-electron chi connectivity index (χ0n) is 18.5. The highest BCUT2D eigenvalue weighted by Crippen LogP contribution is 2.25. The van der Waals surface area contributed by atoms with Gasteiger partial charge in [0.15, 0.2) is 0 Å². The Morgan fingerprint density at radius 1 is 0.824 bits per heavy atom. The maximum atomic E-state index is 12.8. The Bertz CT molecular complexity index is 1060. The zero-order chi connectivity index (χ0) is 25.1. The van der Waals surface area contributed by atoms with Crippen LogP contribution in [0.15, 0.2) is 71.0 Å².